The predicted octanol–water partition coefficient (Wildman–Crippen LogP) is 1.77. The molecule has 1 rings (SSSR count). The van der Waals surface area contributed by atoms with Crippen molar-refractivity contribution >= 4 is 10.0 Å². The first kappa shape index (κ1) is 13.0. The average molecular weight is 243 g/mol. The minimum atomic E-state index is -3.67. The summed E-state index contributed by atoms with van der Waals surface area (Å²) in [5.41, 5.74) is 1.45. The molecule has 90 valence electrons. The van der Waals surface area contributed by atoms with E-state index < -0.39 is 10.0 Å². The molecule has 0 unspecified atom stereocenters. The highest BCUT2D eigenvalue weighted by Crippen LogP contribution is 2.30. The summed E-state index contributed by atoms with van der Waals surface area (Å²) in [5, 5.41) is 5.15. The van der Waals surface area contributed by atoms with Gasteiger partial charge < -0.3 is 4.74 Å². The van der Waals surface area contributed by atoms with E-state index in [1.54, 1.807) is 26.2 Å². The van der Waals surface area contributed by atoms with Crippen LogP contribution in [0.25, 0.3) is 0 Å². The van der Waals surface area contributed by atoms with E-state index in [1.807, 2.05) is 13.8 Å². The lowest BCUT2D eigenvalue weighted by Crippen LogP contribution is -2.14. The molecule has 0 saturated heterocycles. The monoisotopic (exact) mass is 243 g/mol. The fraction of sp³-hybridized carbons (Fsp3) is 0.455. The minimum absolute atomic E-state index is 0.164. The van der Waals surface area contributed by atoms with Crippen LogP contribution in [0.15, 0.2) is 17.0 Å². The fourth-order valence-electron chi connectivity index (χ4n) is 1.61. The average Bonchev–Trinajstić information content (AvgIpc) is 2.14. The lowest BCUT2D eigenvalue weighted by molar-refractivity contribution is 0.406. The molecule has 0 heterocycles. The van der Waals surface area contributed by atoms with E-state index in [2.05, 4.69) is 0 Å². The summed E-state index contributed by atoms with van der Waals surface area (Å²) in [6.07, 6.45) is 0. The Morgan fingerprint density at radius 1 is 1.31 bits per heavy atom. The van der Waals surface area contributed by atoms with Gasteiger partial charge in [-0.1, -0.05) is 13.8 Å². The van der Waals surface area contributed by atoms with Crippen molar-refractivity contribution in [2.45, 2.75) is 31.6 Å². The number of ether oxygens (including phenoxy) is 1. The topological polar surface area (TPSA) is 69.4 Å². The van der Waals surface area contributed by atoms with Gasteiger partial charge in [0.25, 0.3) is 0 Å². The Balaban J connectivity index is 3.52. The quantitative estimate of drug-likeness (QED) is 0.879. The maximum atomic E-state index is 11.4. The first-order chi connectivity index (χ1) is 7.27. The van der Waals surface area contributed by atoms with Crippen LogP contribution in [0.1, 0.15) is 30.9 Å². The normalized spacial score (nSPS) is 11.9. The van der Waals surface area contributed by atoms with E-state index in [9.17, 15) is 8.42 Å². The molecule has 1 aromatic carbocycles. The van der Waals surface area contributed by atoms with Crippen molar-refractivity contribution in [1.29, 1.82) is 0 Å². The predicted molar refractivity (Wildman–Crippen MR) is 63.2 cm³/mol. The van der Waals surface area contributed by atoms with E-state index in [0.717, 1.165) is 5.56 Å². The number of nitrogens with two attached hydrogens (primary N) is 1. The molecule has 0 radical (unpaired) electrons. The molecule has 1 aromatic rings. The van der Waals surface area contributed by atoms with Crippen molar-refractivity contribution in [2.24, 2.45) is 5.14 Å². The van der Waals surface area contributed by atoms with Gasteiger partial charge in [0.1, 0.15) is 5.75 Å². The summed E-state index contributed by atoms with van der Waals surface area (Å²) >= 11 is 0. The van der Waals surface area contributed by atoms with Gasteiger partial charge in [-0.05, 0) is 36.1 Å². The molecule has 0 atom stereocenters. The van der Waals surface area contributed by atoms with Crippen LogP contribution in [0.5, 0.6) is 5.75 Å². The Kier molecular flexibility index (Phi) is 3.60. The summed E-state index contributed by atoms with van der Waals surface area (Å²) in [4.78, 5) is 0.164. The number of rotatable bonds is 3. The zero-order valence-electron chi connectivity index (χ0n) is 9.94. The van der Waals surface area contributed by atoms with Gasteiger partial charge in [0.2, 0.25) is 10.0 Å². The van der Waals surface area contributed by atoms with Gasteiger partial charge >= 0.3 is 0 Å². The molecule has 5 heteroatoms. The van der Waals surface area contributed by atoms with Gasteiger partial charge in [0, 0.05) is 0 Å². The Hall–Kier alpha value is -1.07. The molecular formula is C11H17NO3S. The van der Waals surface area contributed by atoms with Crippen LogP contribution in [-0.2, 0) is 10.0 Å². The number of methoxy groups -OCH3 is 1. The Bertz CT molecular complexity index is 492. The molecular weight excluding hydrogens is 226 g/mol. The Morgan fingerprint density at radius 3 is 2.25 bits per heavy atom. The number of sulfonamides is 1. The lowest BCUT2D eigenvalue weighted by atomic mass is 10.0. The number of benzene rings is 1. The highest BCUT2D eigenvalue weighted by molar-refractivity contribution is 7.89. The molecule has 0 bridgehead atoms. The number of aryl methyl sites for hydroxylation is 1. The maximum Gasteiger partial charge on any atom is 0.238 e. The zero-order valence-corrected chi connectivity index (χ0v) is 10.8. The van der Waals surface area contributed by atoms with Gasteiger partial charge in [-0.15, -0.1) is 0 Å². The molecule has 2 N–H and O–H groups in total. The van der Waals surface area contributed by atoms with Crippen LogP contribution in [0, 0.1) is 6.92 Å². The third kappa shape index (κ3) is 2.54. The SMILES string of the molecule is COc1cc(C)c(S(N)(=O)=O)cc1C(C)C. The van der Waals surface area contributed by atoms with Gasteiger partial charge in [-0.2, -0.15) is 0 Å². The van der Waals surface area contributed by atoms with Crippen LogP contribution in [-0.4, -0.2) is 15.5 Å². The minimum Gasteiger partial charge on any atom is -0.496 e. The second-order valence-corrected chi connectivity index (χ2v) is 5.59. The van der Waals surface area contributed by atoms with E-state index in [1.165, 1.54) is 0 Å². The lowest BCUT2D eigenvalue weighted by Gasteiger charge is -2.14. The van der Waals surface area contributed by atoms with E-state index in [-0.39, 0.29) is 10.8 Å². The Morgan fingerprint density at radius 2 is 1.88 bits per heavy atom. The van der Waals surface area contributed by atoms with E-state index >= 15 is 0 Å². The summed E-state index contributed by atoms with van der Waals surface area (Å²) in [5.74, 6) is 0.871. The van der Waals surface area contributed by atoms with Crippen molar-refractivity contribution in [2.75, 3.05) is 7.11 Å². The van der Waals surface area contributed by atoms with E-state index in [4.69, 9.17) is 9.88 Å². The highest BCUT2D eigenvalue weighted by atomic mass is 32.2. The van der Waals surface area contributed by atoms with Gasteiger partial charge in [0.05, 0.1) is 12.0 Å². The highest BCUT2D eigenvalue weighted by Gasteiger charge is 2.17. The molecule has 4 nitrogen and oxygen atoms in total. The van der Waals surface area contributed by atoms with Crippen molar-refractivity contribution in [3.8, 4) is 5.75 Å². The van der Waals surface area contributed by atoms with Crippen molar-refractivity contribution in [3.05, 3.63) is 23.3 Å². The summed E-state index contributed by atoms with van der Waals surface area (Å²) in [6, 6.07) is 3.29. The largest absolute Gasteiger partial charge is 0.496 e. The van der Waals surface area contributed by atoms with Crippen LogP contribution >= 0.6 is 0 Å². The maximum absolute atomic E-state index is 11.4. The molecule has 0 aliphatic heterocycles. The standard InChI is InChI=1S/C11H17NO3S/c1-7(2)9-6-11(16(12,13)14)8(3)5-10(9)15-4/h5-7H,1-4H3,(H2,12,13,14). The van der Waals surface area contributed by atoms with Crippen molar-refractivity contribution in [3.63, 3.8) is 0 Å². The van der Waals surface area contributed by atoms with Crippen LogP contribution in [0.3, 0.4) is 0 Å². The Labute approximate surface area is 96.5 Å². The second kappa shape index (κ2) is 4.43. The third-order valence-corrected chi connectivity index (χ3v) is 3.51. The second-order valence-electron chi connectivity index (χ2n) is 4.06. The van der Waals surface area contributed by atoms with Crippen molar-refractivity contribution < 1.29 is 13.2 Å². The third-order valence-electron chi connectivity index (χ3n) is 2.46. The number of hydrogen-bond acceptors (Lipinski definition) is 3. The number of primary sulfonamides is 1. The van der Waals surface area contributed by atoms with Crippen LogP contribution in [0.2, 0.25) is 0 Å². The summed E-state index contributed by atoms with van der Waals surface area (Å²) in [6.45, 7) is 5.65. The molecule has 0 spiro atoms. The fourth-order valence-corrected chi connectivity index (χ4v) is 2.41. The van der Waals surface area contributed by atoms with Gasteiger partial charge in [0.15, 0.2) is 0 Å². The van der Waals surface area contributed by atoms with Crippen LogP contribution < -0.4 is 9.88 Å². The molecule has 0 fully saturated rings. The molecule has 0 saturated carbocycles. The van der Waals surface area contributed by atoms with Crippen molar-refractivity contribution in [1.82, 2.24) is 0 Å². The first-order valence-corrected chi connectivity index (χ1v) is 6.53. The molecule has 0 aliphatic carbocycles. The van der Waals surface area contributed by atoms with Gasteiger partial charge in [-0.3, -0.25) is 0 Å². The molecule has 16 heavy (non-hydrogen) atoms. The molecule has 0 aliphatic rings. The molecule has 0 aromatic heterocycles. The van der Waals surface area contributed by atoms with Gasteiger partial charge in [-0.25, -0.2) is 13.6 Å². The number of hydrogen-bond donors (Lipinski definition) is 1. The zero-order chi connectivity index (χ0) is 12.5. The summed E-state index contributed by atoms with van der Waals surface area (Å²) < 4.78 is 27.9. The first-order valence-electron chi connectivity index (χ1n) is 4.98. The van der Waals surface area contributed by atoms with Crippen LogP contribution in [0.4, 0.5) is 0 Å². The molecule has 0 amide bonds. The summed E-state index contributed by atoms with van der Waals surface area (Å²) in [7, 11) is -2.10. The van der Waals surface area contributed by atoms with E-state index in [0.29, 0.717) is 11.3 Å². The smallest absolute Gasteiger partial charge is 0.238 e.